The average Bonchev–Trinajstić information content (AvgIpc) is 1.86. The Balaban J connectivity index is 0.000000360. The molecule has 0 aliphatic heterocycles. The Labute approximate surface area is 53.1 Å². The Morgan fingerprint density at radius 1 is 1.57 bits per heavy atom. The third-order valence-corrected chi connectivity index (χ3v) is 0.408. The predicted octanol–water partition coefficient (Wildman–Crippen LogP) is -3.99. The Morgan fingerprint density at radius 2 is 2.29 bits per heavy atom. The van der Waals surface area contributed by atoms with Gasteiger partial charge in [-0.05, 0) is 7.05 Å². The van der Waals surface area contributed by atoms with Crippen LogP contribution in [0.1, 0.15) is 0 Å². The van der Waals surface area contributed by atoms with Gasteiger partial charge in [0, 0.05) is 0 Å². The van der Waals surface area contributed by atoms with Gasteiger partial charge in [-0.3, -0.25) is 0 Å². The number of hydrogen-bond acceptors (Lipinski definition) is 3. The van der Waals surface area contributed by atoms with Crippen molar-refractivity contribution in [3.8, 4) is 0 Å². The topological polar surface area (TPSA) is 43.6 Å². The summed E-state index contributed by atoms with van der Waals surface area (Å²) in [6.07, 6.45) is 2.44. The zero-order valence-corrected chi connectivity index (χ0v) is 4.29. The fraction of sp³-hybridized carbons (Fsp3) is 0.500. The summed E-state index contributed by atoms with van der Waals surface area (Å²) in [4.78, 5) is 0. The summed E-state index contributed by atoms with van der Waals surface area (Å²) < 4.78 is 1.40. The van der Waals surface area contributed by atoms with Gasteiger partial charge in [-0.25, -0.2) is 6.33 Å². The van der Waals surface area contributed by atoms with Crippen molar-refractivity contribution in [2.24, 2.45) is 7.05 Å². The number of hydrogen-bond donors (Lipinski definition) is 0. The van der Waals surface area contributed by atoms with Crippen LogP contribution >= 0.6 is 0 Å². The minimum absolute atomic E-state index is 0. The minimum atomic E-state index is 0. The first-order chi connectivity index (χ1) is 2.89. The number of aryl methyl sites for hydroxylation is 1. The van der Waals surface area contributed by atoms with Crippen LogP contribution < -0.4 is 18.9 Å². The zero-order chi connectivity index (χ0) is 4.41. The zero-order valence-electron chi connectivity index (χ0n) is 4.29. The summed E-state index contributed by atoms with van der Waals surface area (Å²) in [7, 11) is 1.71. The largest absolute Gasteiger partial charge is 1.00 e. The summed E-state index contributed by atoms with van der Waals surface area (Å²) in [5.41, 5.74) is 0. The van der Waals surface area contributed by atoms with Crippen molar-refractivity contribution in [3.05, 3.63) is 6.33 Å². The van der Waals surface area contributed by atoms with Crippen molar-refractivity contribution in [3.63, 3.8) is 0 Å². The fourth-order valence-electron chi connectivity index (χ4n) is 0.185. The maximum Gasteiger partial charge on any atom is 1.00 e. The molecule has 32 valence electrons. The molecule has 0 amide bonds. The normalized spacial score (nSPS) is 7.57. The van der Waals surface area contributed by atoms with Gasteiger partial charge < -0.3 is 9.78 Å². The van der Waals surface area contributed by atoms with Crippen LogP contribution in [0.25, 0.3) is 0 Å². The van der Waals surface area contributed by atoms with Crippen molar-refractivity contribution in [2.45, 2.75) is 0 Å². The van der Waals surface area contributed by atoms with E-state index in [0.717, 1.165) is 0 Å². The summed E-state index contributed by atoms with van der Waals surface area (Å²) >= 11 is 0. The van der Waals surface area contributed by atoms with E-state index in [4.69, 9.17) is 0 Å². The van der Waals surface area contributed by atoms with Crippen molar-refractivity contribution in [2.75, 3.05) is 0 Å². The van der Waals surface area contributed by atoms with Crippen LogP contribution in [0.15, 0.2) is 0 Å². The van der Waals surface area contributed by atoms with E-state index in [1.807, 2.05) is 0 Å². The van der Waals surface area contributed by atoms with Gasteiger partial charge in [0.25, 0.3) is 0 Å². The molecule has 0 spiro atoms. The van der Waals surface area contributed by atoms with E-state index in [9.17, 15) is 0 Å². The molecule has 0 aliphatic carbocycles. The molecular formula is C2H3LiN4. The van der Waals surface area contributed by atoms with Crippen molar-refractivity contribution in [1.82, 2.24) is 20.2 Å². The molecule has 1 aromatic rings. The van der Waals surface area contributed by atoms with Crippen LogP contribution in [0.5, 0.6) is 0 Å². The van der Waals surface area contributed by atoms with Crippen molar-refractivity contribution in [1.29, 1.82) is 0 Å². The van der Waals surface area contributed by atoms with Crippen LogP contribution in [0, 0.1) is 6.33 Å². The molecule has 0 radical (unpaired) electrons. The van der Waals surface area contributed by atoms with Crippen LogP contribution in [0.4, 0.5) is 0 Å². The first-order valence-corrected chi connectivity index (χ1v) is 1.49. The third kappa shape index (κ3) is 1.71. The second-order valence-electron chi connectivity index (χ2n) is 0.902. The molecule has 0 aliphatic rings. The first kappa shape index (κ1) is 6.67. The number of aromatic nitrogens is 4. The van der Waals surface area contributed by atoms with Gasteiger partial charge in [0.1, 0.15) is 0 Å². The van der Waals surface area contributed by atoms with E-state index in [1.54, 1.807) is 7.05 Å². The molecule has 1 heterocycles. The quantitative estimate of drug-likeness (QED) is 0.241. The Hall–Kier alpha value is -0.333. The van der Waals surface area contributed by atoms with Crippen LogP contribution in [0.3, 0.4) is 0 Å². The third-order valence-electron chi connectivity index (χ3n) is 0.408. The molecule has 4 nitrogen and oxygen atoms in total. The SMILES string of the molecule is Cn1[c-]nnn1.[Li+]. The maximum absolute atomic E-state index is 3.42. The number of nitrogens with zero attached hydrogens (tertiary/aromatic N) is 4. The van der Waals surface area contributed by atoms with Gasteiger partial charge in [0.15, 0.2) is 0 Å². The first-order valence-electron chi connectivity index (χ1n) is 1.49. The molecule has 1 aromatic heterocycles. The van der Waals surface area contributed by atoms with Crippen LogP contribution in [-0.4, -0.2) is 20.2 Å². The molecule has 0 bridgehead atoms. The van der Waals surface area contributed by atoms with E-state index in [2.05, 4.69) is 21.9 Å². The Kier molecular flexibility index (Phi) is 2.65. The van der Waals surface area contributed by atoms with Gasteiger partial charge in [-0.1, -0.05) is 10.4 Å². The average molecular weight is 90.0 g/mol. The summed E-state index contributed by atoms with van der Waals surface area (Å²) in [6.45, 7) is 0. The van der Waals surface area contributed by atoms with Gasteiger partial charge in [-0.15, -0.1) is 0 Å². The minimum Gasteiger partial charge on any atom is -0.410 e. The van der Waals surface area contributed by atoms with E-state index in [1.165, 1.54) is 4.68 Å². The molecule has 0 saturated carbocycles. The van der Waals surface area contributed by atoms with Crippen LogP contribution in [-0.2, 0) is 7.05 Å². The summed E-state index contributed by atoms with van der Waals surface area (Å²) in [5.74, 6) is 0. The molecule has 0 atom stereocenters. The monoisotopic (exact) mass is 90.1 g/mol. The van der Waals surface area contributed by atoms with E-state index < -0.39 is 0 Å². The molecule has 5 heteroatoms. The molecule has 0 unspecified atom stereocenters. The van der Waals surface area contributed by atoms with E-state index >= 15 is 0 Å². The Morgan fingerprint density at radius 3 is 2.43 bits per heavy atom. The molecule has 0 aromatic carbocycles. The second-order valence-corrected chi connectivity index (χ2v) is 0.902. The van der Waals surface area contributed by atoms with Crippen LogP contribution in [0.2, 0.25) is 0 Å². The molecule has 0 N–H and O–H groups in total. The Bertz CT molecular complexity index is 113. The molecule has 0 fully saturated rings. The standard InChI is InChI=1S/C2H3N4.Li/c1-6-2-3-4-5-6;/h1H3;/q-1;+1. The fourth-order valence-corrected chi connectivity index (χ4v) is 0.185. The smallest absolute Gasteiger partial charge is 0.410 e. The van der Waals surface area contributed by atoms with Gasteiger partial charge in [0.2, 0.25) is 0 Å². The van der Waals surface area contributed by atoms with Gasteiger partial charge >= 0.3 is 18.9 Å². The summed E-state index contributed by atoms with van der Waals surface area (Å²) in [6, 6.07) is 0. The molecule has 1 rings (SSSR count). The van der Waals surface area contributed by atoms with Crippen molar-refractivity contribution < 1.29 is 18.9 Å². The van der Waals surface area contributed by atoms with E-state index in [0.29, 0.717) is 0 Å². The van der Waals surface area contributed by atoms with Gasteiger partial charge in [0.05, 0.1) is 0 Å². The second kappa shape index (κ2) is 2.78. The predicted molar refractivity (Wildman–Crippen MR) is 17.6 cm³/mol. The molecule has 0 saturated heterocycles. The maximum atomic E-state index is 3.42. The van der Waals surface area contributed by atoms with Crippen molar-refractivity contribution >= 4 is 0 Å². The van der Waals surface area contributed by atoms with Gasteiger partial charge in [-0.2, -0.15) is 0 Å². The molecule has 7 heavy (non-hydrogen) atoms. The molecular weight excluding hydrogens is 87.0 g/mol. The number of tetrazole rings is 1. The van der Waals surface area contributed by atoms with E-state index in [-0.39, 0.29) is 18.9 Å². The number of rotatable bonds is 0. The summed E-state index contributed by atoms with van der Waals surface area (Å²) in [5, 5.41) is 9.94.